The molecule has 3 rings (SSSR count). The number of thioether (sulfide) groups is 1. The highest BCUT2D eigenvalue weighted by Gasteiger charge is 2.17. The van der Waals surface area contributed by atoms with Crippen LogP contribution in [0.2, 0.25) is 10.0 Å². The molecule has 0 spiro atoms. The quantitative estimate of drug-likeness (QED) is 0.315. The van der Waals surface area contributed by atoms with Gasteiger partial charge >= 0.3 is 0 Å². The zero-order chi connectivity index (χ0) is 22.6. The monoisotopic (exact) mass is 474 g/mol. The number of aromatic nitrogens is 3. The van der Waals surface area contributed by atoms with E-state index in [-0.39, 0.29) is 17.1 Å². The smallest absolute Gasteiger partial charge is 0.234 e. The molecule has 1 heterocycles. The average molecular weight is 475 g/mol. The molecule has 8 heteroatoms. The van der Waals surface area contributed by atoms with Gasteiger partial charge in [0.2, 0.25) is 5.91 Å². The summed E-state index contributed by atoms with van der Waals surface area (Å²) in [7, 11) is 0. The second-order valence-electron chi connectivity index (χ2n) is 8.03. The molecule has 0 bridgehead atoms. The van der Waals surface area contributed by atoms with Crippen LogP contribution in [0.1, 0.15) is 26.3 Å². The van der Waals surface area contributed by atoms with E-state index in [1.165, 1.54) is 17.3 Å². The number of anilines is 1. The van der Waals surface area contributed by atoms with Crippen LogP contribution >= 0.6 is 35.0 Å². The molecule has 1 aromatic heterocycles. The zero-order valence-corrected chi connectivity index (χ0v) is 20.0. The van der Waals surface area contributed by atoms with E-state index in [0.717, 1.165) is 11.4 Å². The molecule has 1 amide bonds. The number of nitrogens with zero attached hydrogens (tertiary/aromatic N) is 3. The summed E-state index contributed by atoms with van der Waals surface area (Å²) in [5.41, 5.74) is 2.84. The van der Waals surface area contributed by atoms with Gasteiger partial charge in [-0.05, 0) is 29.2 Å². The Morgan fingerprint density at radius 2 is 1.77 bits per heavy atom. The number of allylic oxidation sites excluding steroid dienone is 1. The predicted octanol–water partition coefficient (Wildman–Crippen LogP) is 6.47. The van der Waals surface area contributed by atoms with Crippen molar-refractivity contribution in [2.24, 2.45) is 0 Å². The first-order valence-electron chi connectivity index (χ1n) is 9.71. The molecule has 5 nitrogen and oxygen atoms in total. The Bertz CT molecular complexity index is 1070. The normalized spacial score (nSPS) is 11.4. The largest absolute Gasteiger partial charge is 0.325 e. The van der Waals surface area contributed by atoms with Crippen molar-refractivity contribution >= 4 is 46.6 Å². The van der Waals surface area contributed by atoms with E-state index in [9.17, 15) is 4.79 Å². The third-order valence-corrected chi connectivity index (χ3v) is 5.92. The zero-order valence-electron chi connectivity index (χ0n) is 17.7. The Kier molecular flexibility index (Phi) is 7.46. The van der Waals surface area contributed by atoms with E-state index in [1.807, 2.05) is 16.7 Å². The molecule has 0 radical (unpaired) electrons. The molecule has 2 aromatic carbocycles. The van der Waals surface area contributed by atoms with Crippen LogP contribution in [0.5, 0.6) is 0 Å². The van der Waals surface area contributed by atoms with E-state index < -0.39 is 0 Å². The number of carbonyl (C=O) groups excluding carboxylic acids is 1. The second kappa shape index (κ2) is 9.90. The Morgan fingerprint density at radius 1 is 1.13 bits per heavy atom. The molecule has 1 N–H and O–H groups in total. The summed E-state index contributed by atoms with van der Waals surface area (Å²) >= 11 is 13.3. The molecule has 0 fully saturated rings. The van der Waals surface area contributed by atoms with Gasteiger partial charge in [-0.25, -0.2) is 0 Å². The standard InChI is InChI=1S/C23H24Cl2N4OS/c1-5-10-29-21(15-6-8-16(9-7-15)23(2,3)4)27-28-22(29)31-14-20(30)26-19-12-17(24)11-18(25)13-19/h5-9,11-13H,1,10,14H2,2-4H3,(H,26,30). The Labute approximate surface area is 196 Å². The third kappa shape index (κ3) is 6.12. The van der Waals surface area contributed by atoms with Crippen molar-refractivity contribution in [1.29, 1.82) is 0 Å². The molecule has 0 atom stereocenters. The van der Waals surface area contributed by atoms with Crippen molar-refractivity contribution in [3.8, 4) is 11.4 Å². The lowest BCUT2D eigenvalue weighted by molar-refractivity contribution is -0.113. The summed E-state index contributed by atoms with van der Waals surface area (Å²) in [6.45, 7) is 10.9. The van der Waals surface area contributed by atoms with Crippen LogP contribution in [0.3, 0.4) is 0 Å². The van der Waals surface area contributed by atoms with E-state index in [1.54, 1.807) is 24.3 Å². The van der Waals surface area contributed by atoms with E-state index >= 15 is 0 Å². The van der Waals surface area contributed by atoms with E-state index in [4.69, 9.17) is 23.2 Å². The molecule has 0 saturated heterocycles. The van der Waals surface area contributed by atoms with Crippen LogP contribution in [0.4, 0.5) is 5.69 Å². The summed E-state index contributed by atoms with van der Waals surface area (Å²) in [6.07, 6.45) is 1.79. The van der Waals surface area contributed by atoms with Crippen molar-refractivity contribution < 1.29 is 4.79 Å². The highest BCUT2D eigenvalue weighted by Crippen LogP contribution is 2.28. The van der Waals surface area contributed by atoms with Gasteiger partial charge in [-0.3, -0.25) is 9.36 Å². The van der Waals surface area contributed by atoms with Crippen molar-refractivity contribution in [3.63, 3.8) is 0 Å². The van der Waals surface area contributed by atoms with Gasteiger partial charge in [0.15, 0.2) is 11.0 Å². The van der Waals surface area contributed by atoms with Crippen molar-refractivity contribution in [2.75, 3.05) is 11.1 Å². The summed E-state index contributed by atoms with van der Waals surface area (Å²) in [4.78, 5) is 12.4. The van der Waals surface area contributed by atoms with Gasteiger partial charge < -0.3 is 5.32 Å². The van der Waals surface area contributed by atoms with Crippen LogP contribution in [0, 0.1) is 0 Å². The van der Waals surface area contributed by atoms with Crippen molar-refractivity contribution in [2.45, 2.75) is 37.9 Å². The molecule has 0 saturated carbocycles. The Hall–Kier alpha value is -2.28. The van der Waals surface area contributed by atoms with Gasteiger partial charge in [0, 0.05) is 27.8 Å². The molecule has 31 heavy (non-hydrogen) atoms. The van der Waals surface area contributed by atoms with Crippen LogP contribution < -0.4 is 5.32 Å². The molecular weight excluding hydrogens is 451 g/mol. The summed E-state index contributed by atoms with van der Waals surface area (Å²) in [5, 5.41) is 13.0. The van der Waals surface area contributed by atoms with Crippen LogP contribution in [-0.4, -0.2) is 26.4 Å². The fraction of sp³-hybridized carbons (Fsp3) is 0.261. The fourth-order valence-corrected chi connectivity index (χ4v) is 4.25. The van der Waals surface area contributed by atoms with Crippen LogP contribution in [0.25, 0.3) is 11.4 Å². The third-order valence-electron chi connectivity index (χ3n) is 4.52. The second-order valence-corrected chi connectivity index (χ2v) is 9.84. The number of nitrogens with one attached hydrogen (secondary N) is 1. The molecule has 0 aliphatic carbocycles. The van der Waals surface area contributed by atoms with Gasteiger partial charge in [-0.1, -0.05) is 86.1 Å². The van der Waals surface area contributed by atoms with Crippen LogP contribution in [-0.2, 0) is 16.8 Å². The van der Waals surface area contributed by atoms with Crippen molar-refractivity contribution in [3.05, 3.63) is 70.7 Å². The molecule has 3 aromatic rings. The minimum atomic E-state index is -0.187. The maximum absolute atomic E-state index is 12.4. The molecular formula is C23H24Cl2N4OS. The molecule has 0 aliphatic rings. The lowest BCUT2D eigenvalue weighted by Crippen LogP contribution is -2.14. The molecule has 0 unspecified atom stereocenters. The minimum absolute atomic E-state index is 0.0783. The average Bonchev–Trinajstić information content (AvgIpc) is 3.08. The summed E-state index contributed by atoms with van der Waals surface area (Å²) in [6, 6.07) is 13.2. The predicted molar refractivity (Wildman–Crippen MR) is 130 cm³/mol. The summed E-state index contributed by atoms with van der Waals surface area (Å²) in [5.74, 6) is 0.722. The number of benzene rings is 2. The van der Waals surface area contributed by atoms with Gasteiger partial charge in [0.05, 0.1) is 5.75 Å². The van der Waals surface area contributed by atoms with Crippen LogP contribution in [0.15, 0.2) is 60.3 Å². The lowest BCUT2D eigenvalue weighted by atomic mass is 9.87. The van der Waals surface area contributed by atoms with E-state index in [2.05, 4.69) is 55.0 Å². The number of carbonyl (C=O) groups is 1. The molecule has 0 aliphatic heterocycles. The number of halogens is 2. The van der Waals surface area contributed by atoms with Gasteiger partial charge in [0.25, 0.3) is 0 Å². The van der Waals surface area contributed by atoms with Gasteiger partial charge in [-0.15, -0.1) is 16.8 Å². The maximum atomic E-state index is 12.4. The number of hydrogen-bond acceptors (Lipinski definition) is 4. The first-order valence-corrected chi connectivity index (χ1v) is 11.5. The Morgan fingerprint density at radius 3 is 2.35 bits per heavy atom. The highest BCUT2D eigenvalue weighted by molar-refractivity contribution is 7.99. The lowest BCUT2D eigenvalue weighted by Gasteiger charge is -2.19. The number of rotatable bonds is 7. The molecule has 162 valence electrons. The Balaban J connectivity index is 1.74. The minimum Gasteiger partial charge on any atom is -0.325 e. The topological polar surface area (TPSA) is 59.8 Å². The number of amides is 1. The highest BCUT2D eigenvalue weighted by atomic mass is 35.5. The maximum Gasteiger partial charge on any atom is 0.234 e. The summed E-state index contributed by atoms with van der Waals surface area (Å²) < 4.78 is 1.95. The van der Waals surface area contributed by atoms with Gasteiger partial charge in [-0.2, -0.15) is 0 Å². The van der Waals surface area contributed by atoms with Gasteiger partial charge in [0.1, 0.15) is 0 Å². The van der Waals surface area contributed by atoms with Crippen molar-refractivity contribution in [1.82, 2.24) is 14.8 Å². The fourth-order valence-electron chi connectivity index (χ4n) is 2.98. The first-order chi connectivity index (χ1) is 14.7. The number of hydrogen-bond donors (Lipinski definition) is 1. The SMILES string of the molecule is C=CCn1c(SCC(=O)Nc2cc(Cl)cc(Cl)c2)nnc1-c1ccc(C(C)(C)C)cc1. The first kappa shape index (κ1) is 23.4. The van der Waals surface area contributed by atoms with E-state index in [0.29, 0.717) is 27.4 Å².